The highest BCUT2D eigenvalue weighted by molar-refractivity contribution is 6.05. The van der Waals surface area contributed by atoms with Crippen molar-refractivity contribution >= 4 is 28.5 Å². The van der Waals surface area contributed by atoms with Gasteiger partial charge in [0.25, 0.3) is 0 Å². The first kappa shape index (κ1) is 16.5. The number of fused-ring (bicyclic) bond motifs is 1. The van der Waals surface area contributed by atoms with Gasteiger partial charge in [-0.25, -0.2) is 4.79 Å². The summed E-state index contributed by atoms with van der Waals surface area (Å²) < 4.78 is 39.0. The molecule has 0 amide bonds. The van der Waals surface area contributed by atoms with Gasteiger partial charge in [-0.15, -0.1) is 0 Å². The average Bonchev–Trinajstić information content (AvgIpc) is 2.44. The van der Waals surface area contributed by atoms with E-state index in [9.17, 15) is 22.8 Å². The number of halogens is 3. The van der Waals surface area contributed by atoms with E-state index in [-0.39, 0.29) is 29.6 Å². The van der Waals surface area contributed by atoms with Gasteiger partial charge < -0.3 is 15.5 Å². The number of carboxylic acids is 2. The van der Waals surface area contributed by atoms with Crippen molar-refractivity contribution in [3.05, 3.63) is 35.5 Å². The van der Waals surface area contributed by atoms with Gasteiger partial charge in [0, 0.05) is 18.1 Å². The van der Waals surface area contributed by atoms with E-state index in [1.807, 2.05) is 0 Å². The SMILES string of the molecule is O=C(O)CCNc1c(C(=O)O)cnc2c(C(F)(F)F)cccc12. The number of nitrogens with one attached hydrogen (secondary N) is 1. The minimum atomic E-state index is -4.64. The number of para-hydroxylation sites is 1. The second-order valence-electron chi connectivity index (χ2n) is 4.62. The van der Waals surface area contributed by atoms with E-state index in [0.29, 0.717) is 0 Å². The first-order valence-corrected chi connectivity index (χ1v) is 6.39. The Balaban J connectivity index is 2.62. The van der Waals surface area contributed by atoms with Crippen LogP contribution in [0.15, 0.2) is 24.4 Å². The molecule has 23 heavy (non-hydrogen) atoms. The summed E-state index contributed by atoms with van der Waals surface area (Å²) in [5.41, 5.74) is -1.81. The van der Waals surface area contributed by atoms with Gasteiger partial charge in [-0.05, 0) is 6.07 Å². The van der Waals surface area contributed by atoms with Gasteiger partial charge in [-0.2, -0.15) is 13.2 Å². The number of carboxylic acid groups (broad SMARTS) is 2. The maximum Gasteiger partial charge on any atom is 0.418 e. The van der Waals surface area contributed by atoms with Crippen molar-refractivity contribution in [1.82, 2.24) is 4.98 Å². The number of hydrogen-bond donors (Lipinski definition) is 3. The number of aliphatic carboxylic acids is 1. The molecule has 122 valence electrons. The number of hydrogen-bond acceptors (Lipinski definition) is 4. The van der Waals surface area contributed by atoms with Gasteiger partial charge in [0.05, 0.1) is 23.2 Å². The van der Waals surface area contributed by atoms with Crippen molar-refractivity contribution in [2.24, 2.45) is 0 Å². The summed E-state index contributed by atoms with van der Waals surface area (Å²) in [7, 11) is 0. The number of aromatic carboxylic acids is 1. The molecule has 0 saturated heterocycles. The van der Waals surface area contributed by atoms with Crippen LogP contribution >= 0.6 is 0 Å². The highest BCUT2D eigenvalue weighted by Crippen LogP contribution is 2.36. The van der Waals surface area contributed by atoms with Crippen LogP contribution in [0.1, 0.15) is 22.3 Å². The van der Waals surface area contributed by atoms with Crippen LogP contribution in [0.2, 0.25) is 0 Å². The lowest BCUT2D eigenvalue weighted by Crippen LogP contribution is -2.13. The van der Waals surface area contributed by atoms with Crippen LogP contribution in [0.3, 0.4) is 0 Å². The van der Waals surface area contributed by atoms with Crippen LogP contribution in [0.4, 0.5) is 18.9 Å². The zero-order chi connectivity index (χ0) is 17.2. The molecule has 1 aromatic heterocycles. The van der Waals surface area contributed by atoms with E-state index in [4.69, 9.17) is 10.2 Å². The van der Waals surface area contributed by atoms with Crippen LogP contribution in [0, 0.1) is 0 Å². The van der Waals surface area contributed by atoms with E-state index in [1.165, 1.54) is 6.07 Å². The van der Waals surface area contributed by atoms with Gasteiger partial charge in [0.15, 0.2) is 0 Å². The van der Waals surface area contributed by atoms with E-state index in [2.05, 4.69) is 10.3 Å². The first-order chi connectivity index (χ1) is 10.7. The summed E-state index contributed by atoms with van der Waals surface area (Å²) in [6, 6.07) is 3.28. The summed E-state index contributed by atoms with van der Waals surface area (Å²) in [4.78, 5) is 25.4. The molecule has 2 aromatic rings. The zero-order valence-corrected chi connectivity index (χ0v) is 11.5. The highest BCUT2D eigenvalue weighted by Gasteiger charge is 2.33. The van der Waals surface area contributed by atoms with E-state index in [1.54, 1.807) is 0 Å². The van der Waals surface area contributed by atoms with Crippen molar-refractivity contribution in [2.75, 3.05) is 11.9 Å². The lowest BCUT2D eigenvalue weighted by Gasteiger charge is -2.15. The Bertz CT molecular complexity index is 774. The Morgan fingerprint density at radius 1 is 1.22 bits per heavy atom. The summed E-state index contributed by atoms with van der Waals surface area (Å²) in [5.74, 6) is -2.50. The molecule has 0 bridgehead atoms. The molecule has 0 aliphatic carbocycles. The Hall–Kier alpha value is -2.84. The van der Waals surface area contributed by atoms with E-state index in [0.717, 1.165) is 18.3 Å². The number of rotatable bonds is 5. The molecule has 0 radical (unpaired) electrons. The standard InChI is InChI=1S/C14H11F3N2O4/c15-14(16,17)9-3-1-2-7-11(18-5-4-10(20)21)8(13(22)23)6-19-12(7)9/h1-3,6H,4-5H2,(H,18,19)(H,20,21)(H,22,23). The third-order valence-corrected chi connectivity index (χ3v) is 3.07. The molecule has 0 aliphatic rings. The van der Waals surface area contributed by atoms with Gasteiger partial charge >= 0.3 is 18.1 Å². The fraction of sp³-hybridized carbons (Fsp3) is 0.214. The monoisotopic (exact) mass is 328 g/mol. The van der Waals surface area contributed by atoms with Gasteiger partial charge in [0.2, 0.25) is 0 Å². The Labute approximate surface area is 127 Å². The molecule has 1 aromatic carbocycles. The lowest BCUT2D eigenvalue weighted by atomic mass is 10.0. The molecule has 0 spiro atoms. The Morgan fingerprint density at radius 2 is 1.91 bits per heavy atom. The summed E-state index contributed by atoms with van der Waals surface area (Å²) in [6.45, 7) is -0.134. The van der Waals surface area contributed by atoms with Crippen LogP contribution in [0.5, 0.6) is 0 Å². The number of carbonyl (C=O) groups is 2. The molecule has 0 aliphatic heterocycles. The third-order valence-electron chi connectivity index (χ3n) is 3.07. The van der Waals surface area contributed by atoms with Crippen molar-refractivity contribution < 1.29 is 33.0 Å². The molecule has 0 atom stereocenters. The van der Waals surface area contributed by atoms with E-state index < -0.39 is 29.2 Å². The molecular weight excluding hydrogens is 317 g/mol. The number of benzene rings is 1. The average molecular weight is 328 g/mol. The second-order valence-corrected chi connectivity index (χ2v) is 4.62. The predicted molar refractivity (Wildman–Crippen MR) is 74.4 cm³/mol. The minimum Gasteiger partial charge on any atom is -0.481 e. The molecule has 0 fully saturated rings. The van der Waals surface area contributed by atoms with E-state index >= 15 is 0 Å². The highest BCUT2D eigenvalue weighted by atomic mass is 19.4. The van der Waals surface area contributed by atoms with Crippen molar-refractivity contribution in [2.45, 2.75) is 12.6 Å². The summed E-state index contributed by atoms with van der Waals surface area (Å²) in [6.07, 6.45) is -4.14. The summed E-state index contributed by atoms with van der Waals surface area (Å²) in [5, 5.41) is 20.3. The molecule has 9 heteroatoms. The molecule has 1 heterocycles. The number of aromatic nitrogens is 1. The molecule has 0 saturated carbocycles. The Kier molecular flexibility index (Phi) is 4.39. The van der Waals surface area contributed by atoms with Gasteiger partial charge in [-0.1, -0.05) is 12.1 Å². The predicted octanol–water partition coefficient (Wildman–Crippen LogP) is 2.84. The molecule has 6 nitrogen and oxygen atoms in total. The Morgan fingerprint density at radius 3 is 2.48 bits per heavy atom. The summed E-state index contributed by atoms with van der Waals surface area (Å²) >= 11 is 0. The quantitative estimate of drug-likeness (QED) is 0.780. The van der Waals surface area contributed by atoms with Gasteiger partial charge in [-0.3, -0.25) is 9.78 Å². The minimum absolute atomic E-state index is 0.0369. The fourth-order valence-electron chi connectivity index (χ4n) is 2.10. The van der Waals surface area contributed by atoms with Crippen LogP contribution in [0.25, 0.3) is 10.9 Å². The molecule has 2 rings (SSSR count). The molecule has 3 N–H and O–H groups in total. The van der Waals surface area contributed by atoms with Crippen LogP contribution in [-0.4, -0.2) is 33.7 Å². The maximum absolute atomic E-state index is 13.0. The smallest absolute Gasteiger partial charge is 0.418 e. The lowest BCUT2D eigenvalue weighted by molar-refractivity contribution is -0.137. The topological polar surface area (TPSA) is 99.5 Å². The van der Waals surface area contributed by atoms with Crippen molar-refractivity contribution in [3.63, 3.8) is 0 Å². The van der Waals surface area contributed by atoms with Crippen LogP contribution < -0.4 is 5.32 Å². The number of anilines is 1. The van der Waals surface area contributed by atoms with Crippen LogP contribution in [-0.2, 0) is 11.0 Å². The number of alkyl halides is 3. The largest absolute Gasteiger partial charge is 0.481 e. The normalized spacial score (nSPS) is 11.4. The second kappa shape index (κ2) is 6.11. The maximum atomic E-state index is 13.0. The van der Waals surface area contributed by atoms with Gasteiger partial charge in [0.1, 0.15) is 5.56 Å². The van der Waals surface area contributed by atoms with Crippen molar-refractivity contribution in [1.29, 1.82) is 0 Å². The first-order valence-electron chi connectivity index (χ1n) is 6.39. The number of nitrogens with zero attached hydrogens (tertiary/aromatic N) is 1. The molecular formula is C14H11F3N2O4. The molecule has 0 unspecified atom stereocenters. The fourth-order valence-corrected chi connectivity index (χ4v) is 2.10. The third kappa shape index (κ3) is 3.50. The zero-order valence-electron chi connectivity index (χ0n) is 11.5. The number of pyridine rings is 1. The van der Waals surface area contributed by atoms with Crippen molar-refractivity contribution in [3.8, 4) is 0 Å².